The number of nitrogens with zero attached hydrogens (tertiary/aromatic N) is 2. The van der Waals surface area contributed by atoms with Gasteiger partial charge in [-0.05, 0) is 25.8 Å². The third-order valence-electron chi connectivity index (χ3n) is 4.43. The van der Waals surface area contributed by atoms with Crippen molar-refractivity contribution < 1.29 is 9.31 Å². The van der Waals surface area contributed by atoms with Gasteiger partial charge in [-0.25, -0.2) is 4.39 Å². The third kappa shape index (κ3) is 2.82. The molecule has 1 N–H and O–H groups in total. The number of hydrogen-bond donors (Lipinski definition) is 1. The Bertz CT molecular complexity index is 569. The van der Waals surface area contributed by atoms with E-state index < -0.39 is 10.7 Å². The summed E-state index contributed by atoms with van der Waals surface area (Å²) in [5.74, 6) is -0.636. The van der Waals surface area contributed by atoms with Crippen LogP contribution < -0.4 is 5.32 Å². The van der Waals surface area contributed by atoms with Crippen LogP contribution in [0, 0.1) is 15.9 Å². The Morgan fingerprint density at radius 1 is 1.33 bits per heavy atom. The molecule has 2 atom stereocenters. The molecule has 2 aliphatic heterocycles. The van der Waals surface area contributed by atoms with Crippen molar-refractivity contribution in [2.24, 2.45) is 0 Å². The molecule has 0 spiro atoms. The summed E-state index contributed by atoms with van der Waals surface area (Å²) in [5, 5.41) is 14.1. The molecular weight excluding hydrogens is 297 g/mol. The maximum Gasteiger partial charge on any atom is 0.294 e. The second kappa shape index (κ2) is 5.77. The Kier molecular flexibility index (Phi) is 3.99. The van der Waals surface area contributed by atoms with Crippen molar-refractivity contribution in [1.29, 1.82) is 0 Å². The van der Waals surface area contributed by atoms with Crippen LogP contribution in [0.5, 0.6) is 0 Å². The number of anilines is 1. The van der Waals surface area contributed by atoms with E-state index in [2.05, 4.69) is 10.2 Å². The monoisotopic (exact) mass is 313 g/mol. The number of rotatable bonds is 3. The van der Waals surface area contributed by atoms with Crippen LogP contribution in [-0.2, 0) is 0 Å². The summed E-state index contributed by atoms with van der Waals surface area (Å²) >= 11 is 5.64. The summed E-state index contributed by atoms with van der Waals surface area (Å²) in [6.45, 7) is 2.08. The van der Waals surface area contributed by atoms with Crippen molar-refractivity contribution in [1.82, 2.24) is 4.90 Å². The average molecular weight is 314 g/mol. The smallest absolute Gasteiger partial charge is 0.294 e. The van der Waals surface area contributed by atoms with Crippen LogP contribution in [0.2, 0.25) is 5.02 Å². The number of hydrogen-bond acceptors (Lipinski definition) is 4. The minimum absolute atomic E-state index is 0.129. The summed E-state index contributed by atoms with van der Waals surface area (Å²) in [6, 6.07) is 2.72. The topological polar surface area (TPSA) is 58.4 Å². The molecule has 0 radical (unpaired) electrons. The molecule has 5 nitrogen and oxygen atoms in total. The summed E-state index contributed by atoms with van der Waals surface area (Å²) in [5.41, 5.74) is 0.0509. The number of benzene rings is 1. The van der Waals surface area contributed by atoms with Crippen LogP contribution in [0.3, 0.4) is 0 Å². The molecule has 7 heteroatoms. The minimum Gasteiger partial charge on any atom is -0.375 e. The summed E-state index contributed by atoms with van der Waals surface area (Å²) in [7, 11) is 0. The summed E-state index contributed by atoms with van der Waals surface area (Å²) in [6.07, 6.45) is 4.39. The Morgan fingerprint density at radius 2 is 2.14 bits per heavy atom. The van der Waals surface area contributed by atoms with E-state index in [1.54, 1.807) is 0 Å². The zero-order chi connectivity index (χ0) is 15.0. The lowest BCUT2D eigenvalue weighted by molar-refractivity contribution is -0.384. The van der Waals surface area contributed by atoms with Crippen LogP contribution >= 0.6 is 11.6 Å². The van der Waals surface area contributed by atoms with Crippen molar-refractivity contribution >= 4 is 23.0 Å². The van der Waals surface area contributed by atoms with Crippen LogP contribution in [0.15, 0.2) is 12.1 Å². The van der Waals surface area contributed by atoms with Gasteiger partial charge in [0.05, 0.1) is 9.95 Å². The van der Waals surface area contributed by atoms with Gasteiger partial charge >= 0.3 is 0 Å². The number of nitro benzene ring substituents is 1. The Balaban J connectivity index is 1.84. The Morgan fingerprint density at radius 3 is 2.90 bits per heavy atom. The third-order valence-corrected chi connectivity index (χ3v) is 4.72. The summed E-state index contributed by atoms with van der Waals surface area (Å²) in [4.78, 5) is 13.0. The fraction of sp³-hybridized carbons (Fsp3) is 0.571. The number of nitrogens with one attached hydrogen (secondary N) is 1. The number of halogens is 2. The van der Waals surface area contributed by atoms with Gasteiger partial charge in [0.25, 0.3) is 5.69 Å². The van der Waals surface area contributed by atoms with Crippen LogP contribution in [0.1, 0.15) is 25.7 Å². The minimum atomic E-state index is -0.636. The molecule has 2 heterocycles. The highest BCUT2D eigenvalue weighted by Crippen LogP contribution is 2.34. The number of piperidine rings is 1. The van der Waals surface area contributed by atoms with Gasteiger partial charge in [0, 0.05) is 30.8 Å². The van der Waals surface area contributed by atoms with Crippen LogP contribution in [0.4, 0.5) is 15.8 Å². The first-order valence-electron chi connectivity index (χ1n) is 7.20. The van der Waals surface area contributed by atoms with Gasteiger partial charge in [0.2, 0.25) is 0 Å². The van der Waals surface area contributed by atoms with E-state index in [0.29, 0.717) is 6.04 Å². The molecule has 0 aliphatic carbocycles. The van der Waals surface area contributed by atoms with E-state index >= 15 is 0 Å². The molecule has 0 saturated carbocycles. The van der Waals surface area contributed by atoms with Crippen molar-refractivity contribution in [3.05, 3.63) is 33.1 Å². The fourth-order valence-electron chi connectivity index (χ4n) is 3.42. The maximum atomic E-state index is 13.6. The molecule has 3 rings (SSSR count). The van der Waals surface area contributed by atoms with E-state index in [9.17, 15) is 14.5 Å². The zero-order valence-electron chi connectivity index (χ0n) is 11.5. The molecule has 21 heavy (non-hydrogen) atoms. The SMILES string of the molecule is O=[N+]([O-])c1cc(Cl)c(F)cc1NC1CCN2CCCCC12. The molecule has 0 bridgehead atoms. The molecule has 2 saturated heterocycles. The molecule has 2 unspecified atom stereocenters. The van der Waals surface area contributed by atoms with E-state index in [1.165, 1.54) is 12.8 Å². The normalized spacial score (nSPS) is 25.6. The van der Waals surface area contributed by atoms with Crippen LogP contribution in [0.25, 0.3) is 0 Å². The second-order valence-corrected chi connectivity index (χ2v) is 6.09. The highest BCUT2D eigenvalue weighted by atomic mass is 35.5. The first-order valence-corrected chi connectivity index (χ1v) is 7.58. The predicted molar refractivity (Wildman–Crippen MR) is 79.3 cm³/mol. The van der Waals surface area contributed by atoms with Crippen molar-refractivity contribution in [2.75, 3.05) is 18.4 Å². The molecule has 1 aromatic rings. The number of nitro groups is 1. The summed E-state index contributed by atoms with van der Waals surface area (Å²) < 4.78 is 13.6. The zero-order valence-corrected chi connectivity index (χ0v) is 12.3. The van der Waals surface area contributed by atoms with Crippen molar-refractivity contribution in [3.63, 3.8) is 0 Å². The van der Waals surface area contributed by atoms with Gasteiger partial charge in [-0.15, -0.1) is 0 Å². The molecule has 2 aliphatic rings. The quantitative estimate of drug-likeness (QED) is 0.686. The lowest BCUT2D eigenvalue weighted by Gasteiger charge is -2.32. The van der Waals surface area contributed by atoms with Crippen molar-refractivity contribution in [2.45, 2.75) is 37.8 Å². The first-order chi connectivity index (χ1) is 10.1. The molecule has 114 valence electrons. The number of fused-ring (bicyclic) bond motifs is 1. The van der Waals surface area contributed by atoms with E-state index in [4.69, 9.17) is 11.6 Å². The Labute approximate surface area is 127 Å². The molecule has 0 amide bonds. The fourth-order valence-corrected chi connectivity index (χ4v) is 3.58. The molecule has 1 aromatic carbocycles. The lowest BCUT2D eigenvalue weighted by Crippen LogP contribution is -2.41. The van der Waals surface area contributed by atoms with Crippen molar-refractivity contribution in [3.8, 4) is 0 Å². The van der Waals surface area contributed by atoms with E-state index in [0.717, 1.165) is 38.1 Å². The lowest BCUT2D eigenvalue weighted by atomic mass is 9.99. The standard InChI is InChI=1S/C14H17ClFN3O2/c15-9-7-14(19(20)21)12(8-10(9)16)17-11-4-6-18-5-2-1-3-13(11)18/h7-8,11,13,17H,1-6H2. The first kappa shape index (κ1) is 14.5. The van der Waals surface area contributed by atoms with Gasteiger partial charge in [-0.1, -0.05) is 18.0 Å². The van der Waals surface area contributed by atoms with E-state index in [-0.39, 0.29) is 22.4 Å². The van der Waals surface area contributed by atoms with E-state index in [1.807, 2.05) is 0 Å². The highest BCUT2D eigenvalue weighted by Gasteiger charge is 2.36. The van der Waals surface area contributed by atoms with Gasteiger partial charge in [0.1, 0.15) is 11.5 Å². The van der Waals surface area contributed by atoms with Crippen LogP contribution in [-0.4, -0.2) is 35.0 Å². The maximum absolute atomic E-state index is 13.6. The Hall–Kier alpha value is -1.40. The highest BCUT2D eigenvalue weighted by molar-refractivity contribution is 6.31. The largest absolute Gasteiger partial charge is 0.375 e. The van der Waals surface area contributed by atoms with Gasteiger partial charge in [-0.2, -0.15) is 0 Å². The molecule has 2 fully saturated rings. The van der Waals surface area contributed by atoms with Gasteiger partial charge in [0.15, 0.2) is 0 Å². The second-order valence-electron chi connectivity index (χ2n) is 5.68. The van der Waals surface area contributed by atoms with Gasteiger partial charge in [-0.3, -0.25) is 15.0 Å². The molecule has 0 aromatic heterocycles. The molecular formula is C14H17ClFN3O2. The average Bonchev–Trinajstić information content (AvgIpc) is 2.86. The predicted octanol–water partition coefficient (Wildman–Crippen LogP) is 3.43. The van der Waals surface area contributed by atoms with Gasteiger partial charge < -0.3 is 5.32 Å².